The summed E-state index contributed by atoms with van der Waals surface area (Å²) in [4.78, 5) is 2.41. The molecule has 2 nitrogen and oxygen atoms in total. The summed E-state index contributed by atoms with van der Waals surface area (Å²) in [5, 5.41) is 9.12. The van der Waals surface area contributed by atoms with E-state index in [1.165, 1.54) is 25.1 Å². The van der Waals surface area contributed by atoms with Crippen molar-refractivity contribution in [1.82, 2.24) is 0 Å². The molecule has 16 heavy (non-hydrogen) atoms. The van der Waals surface area contributed by atoms with Gasteiger partial charge in [-0.05, 0) is 43.4 Å². The standard InChI is InChI=1S/C13H18BrNO/c1-2-15(8-10-3-4-10)12-6-5-11(9-16)13(14)7-12/h5-7,10,16H,2-4,8-9H2,1H3. The first-order valence-electron chi connectivity index (χ1n) is 5.88. The van der Waals surface area contributed by atoms with Crippen LogP contribution in [0.2, 0.25) is 0 Å². The molecule has 0 heterocycles. The fraction of sp³-hybridized carbons (Fsp3) is 0.538. The van der Waals surface area contributed by atoms with Gasteiger partial charge in [0.2, 0.25) is 0 Å². The van der Waals surface area contributed by atoms with Gasteiger partial charge in [0.1, 0.15) is 0 Å². The van der Waals surface area contributed by atoms with Crippen LogP contribution >= 0.6 is 15.9 Å². The van der Waals surface area contributed by atoms with Crippen molar-refractivity contribution in [2.24, 2.45) is 5.92 Å². The Morgan fingerprint density at radius 2 is 2.19 bits per heavy atom. The molecular weight excluding hydrogens is 266 g/mol. The van der Waals surface area contributed by atoms with Crippen LogP contribution in [-0.4, -0.2) is 18.2 Å². The van der Waals surface area contributed by atoms with E-state index in [0.29, 0.717) is 0 Å². The van der Waals surface area contributed by atoms with Gasteiger partial charge < -0.3 is 10.0 Å². The number of aliphatic hydroxyl groups excluding tert-OH is 1. The molecule has 1 aliphatic carbocycles. The number of halogens is 1. The zero-order valence-electron chi connectivity index (χ0n) is 9.62. The number of hydrogen-bond acceptors (Lipinski definition) is 2. The zero-order chi connectivity index (χ0) is 11.5. The van der Waals surface area contributed by atoms with Crippen LogP contribution in [0.1, 0.15) is 25.3 Å². The Labute approximate surface area is 105 Å². The van der Waals surface area contributed by atoms with E-state index in [4.69, 9.17) is 5.11 Å². The highest BCUT2D eigenvalue weighted by Crippen LogP contribution is 2.32. The lowest BCUT2D eigenvalue weighted by Gasteiger charge is -2.23. The average Bonchev–Trinajstić information content (AvgIpc) is 3.09. The van der Waals surface area contributed by atoms with Gasteiger partial charge in [-0.1, -0.05) is 22.0 Å². The summed E-state index contributed by atoms with van der Waals surface area (Å²) in [6, 6.07) is 6.20. The van der Waals surface area contributed by atoms with E-state index >= 15 is 0 Å². The van der Waals surface area contributed by atoms with Crippen LogP contribution in [-0.2, 0) is 6.61 Å². The second-order valence-electron chi connectivity index (χ2n) is 4.42. The number of rotatable bonds is 5. The lowest BCUT2D eigenvalue weighted by atomic mass is 10.2. The molecule has 0 spiro atoms. The predicted octanol–water partition coefficient (Wildman–Crippen LogP) is 3.18. The monoisotopic (exact) mass is 283 g/mol. The van der Waals surface area contributed by atoms with Crippen LogP contribution in [0.3, 0.4) is 0 Å². The number of benzene rings is 1. The lowest BCUT2D eigenvalue weighted by molar-refractivity contribution is 0.281. The van der Waals surface area contributed by atoms with Gasteiger partial charge in [-0.3, -0.25) is 0 Å². The van der Waals surface area contributed by atoms with E-state index in [1.54, 1.807) is 0 Å². The van der Waals surface area contributed by atoms with Gasteiger partial charge in [-0.2, -0.15) is 0 Å². The molecule has 0 atom stereocenters. The Morgan fingerprint density at radius 1 is 1.44 bits per heavy atom. The molecule has 2 rings (SSSR count). The van der Waals surface area contributed by atoms with E-state index in [0.717, 1.165) is 22.5 Å². The summed E-state index contributed by atoms with van der Waals surface area (Å²) in [7, 11) is 0. The summed E-state index contributed by atoms with van der Waals surface area (Å²) in [6.07, 6.45) is 2.76. The molecule has 1 N–H and O–H groups in total. The SMILES string of the molecule is CCN(CC1CC1)c1ccc(CO)c(Br)c1. The molecule has 0 amide bonds. The molecule has 1 aromatic rings. The minimum absolute atomic E-state index is 0.0929. The average molecular weight is 284 g/mol. The van der Waals surface area contributed by atoms with Crippen molar-refractivity contribution < 1.29 is 5.11 Å². The van der Waals surface area contributed by atoms with Gasteiger partial charge in [-0.25, -0.2) is 0 Å². The van der Waals surface area contributed by atoms with E-state index in [-0.39, 0.29) is 6.61 Å². The fourth-order valence-corrected chi connectivity index (χ4v) is 2.38. The van der Waals surface area contributed by atoms with Crippen LogP contribution in [0.15, 0.2) is 22.7 Å². The summed E-state index contributed by atoms with van der Waals surface area (Å²) >= 11 is 3.50. The summed E-state index contributed by atoms with van der Waals surface area (Å²) in [5.41, 5.74) is 2.20. The van der Waals surface area contributed by atoms with E-state index in [2.05, 4.69) is 39.9 Å². The van der Waals surface area contributed by atoms with Crippen molar-refractivity contribution in [1.29, 1.82) is 0 Å². The minimum Gasteiger partial charge on any atom is -0.392 e. The van der Waals surface area contributed by atoms with Crippen molar-refractivity contribution in [2.75, 3.05) is 18.0 Å². The molecule has 1 fully saturated rings. The van der Waals surface area contributed by atoms with Gasteiger partial charge in [0, 0.05) is 23.2 Å². The van der Waals surface area contributed by atoms with Gasteiger partial charge in [-0.15, -0.1) is 0 Å². The van der Waals surface area contributed by atoms with Gasteiger partial charge in [0.25, 0.3) is 0 Å². The van der Waals surface area contributed by atoms with Crippen molar-refractivity contribution in [3.05, 3.63) is 28.2 Å². The molecular formula is C13H18BrNO. The summed E-state index contributed by atoms with van der Waals surface area (Å²) < 4.78 is 1.00. The largest absolute Gasteiger partial charge is 0.392 e. The molecule has 1 saturated carbocycles. The molecule has 0 saturated heterocycles. The summed E-state index contributed by atoms with van der Waals surface area (Å²) in [5.74, 6) is 0.899. The molecule has 88 valence electrons. The smallest absolute Gasteiger partial charge is 0.0692 e. The topological polar surface area (TPSA) is 23.5 Å². The van der Waals surface area contributed by atoms with E-state index in [9.17, 15) is 0 Å². The highest BCUT2D eigenvalue weighted by Gasteiger charge is 2.23. The second kappa shape index (κ2) is 5.19. The summed E-state index contributed by atoms with van der Waals surface area (Å²) in [6.45, 7) is 4.49. The zero-order valence-corrected chi connectivity index (χ0v) is 11.2. The number of anilines is 1. The van der Waals surface area contributed by atoms with Gasteiger partial charge in [0.15, 0.2) is 0 Å². The Kier molecular flexibility index (Phi) is 3.87. The normalized spacial score (nSPS) is 15.2. The quantitative estimate of drug-likeness (QED) is 0.897. The molecule has 1 aliphatic rings. The third-order valence-corrected chi connectivity index (χ3v) is 3.87. The van der Waals surface area contributed by atoms with Crippen molar-refractivity contribution in [3.63, 3.8) is 0 Å². The number of aliphatic hydroxyl groups is 1. The predicted molar refractivity (Wildman–Crippen MR) is 70.7 cm³/mol. The Bertz CT molecular complexity index is 363. The van der Waals surface area contributed by atoms with Crippen LogP contribution < -0.4 is 4.90 Å². The highest BCUT2D eigenvalue weighted by atomic mass is 79.9. The maximum Gasteiger partial charge on any atom is 0.0692 e. The van der Waals surface area contributed by atoms with Crippen molar-refractivity contribution in [2.45, 2.75) is 26.4 Å². The van der Waals surface area contributed by atoms with Crippen LogP contribution in [0.5, 0.6) is 0 Å². The van der Waals surface area contributed by atoms with Gasteiger partial charge >= 0.3 is 0 Å². The Morgan fingerprint density at radius 3 is 2.69 bits per heavy atom. The molecule has 0 aliphatic heterocycles. The third kappa shape index (κ3) is 2.77. The lowest BCUT2D eigenvalue weighted by Crippen LogP contribution is -2.25. The second-order valence-corrected chi connectivity index (χ2v) is 5.27. The number of hydrogen-bond donors (Lipinski definition) is 1. The van der Waals surface area contributed by atoms with Gasteiger partial charge in [0.05, 0.1) is 6.61 Å². The molecule has 0 radical (unpaired) electrons. The highest BCUT2D eigenvalue weighted by molar-refractivity contribution is 9.10. The van der Waals surface area contributed by atoms with E-state index < -0.39 is 0 Å². The van der Waals surface area contributed by atoms with Crippen LogP contribution in [0.4, 0.5) is 5.69 Å². The van der Waals surface area contributed by atoms with Crippen molar-refractivity contribution >= 4 is 21.6 Å². The maximum atomic E-state index is 9.12. The van der Waals surface area contributed by atoms with Crippen LogP contribution in [0.25, 0.3) is 0 Å². The molecule has 0 unspecified atom stereocenters. The molecule has 3 heteroatoms. The van der Waals surface area contributed by atoms with E-state index in [1.807, 2.05) is 6.07 Å². The van der Waals surface area contributed by atoms with Crippen LogP contribution in [0, 0.1) is 5.92 Å². The maximum absolute atomic E-state index is 9.12. The molecule has 0 bridgehead atoms. The third-order valence-electron chi connectivity index (χ3n) is 3.13. The van der Waals surface area contributed by atoms with Crippen molar-refractivity contribution in [3.8, 4) is 0 Å². The fourth-order valence-electron chi connectivity index (χ4n) is 1.89. The Hall–Kier alpha value is -0.540. The minimum atomic E-state index is 0.0929. The molecule has 1 aromatic carbocycles. The Balaban J connectivity index is 2.13. The first-order chi connectivity index (χ1) is 7.74. The first kappa shape index (κ1) is 11.9. The first-order valence-corrected chi connectivity index (χ1v) is 6.68. The molecule has 0 aromatic heterocycles. The number of nitrogens with zero attached hydrogens (tertiary/aromatic N) is 1.